The van der Waals surface area contributed by atoms with Gasteiger partial charge in [0, 0.05) is 10.1 Å². The molecule has 2 atom stereocenters. The SMILES string of the molecule is CCO[P+](=O)OC(C(=O)c1c(C)cc(C)c(C)c1C)c1ccccc1. The molecule has 0 heterocycles. The van der Waals surface area contributed by atoms with E-state index < -0.39 is 14.4 Å². The molecule has 0 aliphatic carbocycles. The molecule has 0 spiro atoms. The highest BCUT2D eigenvalue weighted by Crippen LogP contribution is 2.36. The zero-order valence-corrected chi connectivity index (χ0v) is 16.2. The molecular formula is C20H24O4P+. The predicted molar refractivity (Wildman–Crippen MR) is 99.2 cm³/mol. The summed E-state index contributed by atoms with van der Waals surface area (Å²) in [6, 6.07) is 11.1. The van der Waals surface area contributed by atoms with Gasteiger partial charge in [0.2, 0.25) is 11.9 Å². The highest BCUT2D eigenvalue weighted by atomic mass is 31.1. The summed E-state index contributed by atoms with van der Waals surface area (Å²) in [6.45, 7) is 9.87. The third kappa shape index (κ3) is 4.40. The summed E-state index contributed by atoms with van der Waals surface area (Å²) in [5.74, 6) is -0.202. The van der Waals surface area contributed by atoms with Gasteiger partial charge in [0.1, 0.15) is 6.61 Å². The Morgan fingerprint density at radius 2 is 1.68 bits per heavy atom. The van der Waals surface area contributed by atoms with E-state index in [0.29, 0.717) is 11.1 Å². The third-order valence-electron chi connectivity index (χ3n) is 4.37. The highest BCUT2D eigenvalue weighted by Gasteiger charge is 2.35. The summed E-state index contributed by atoms with van der Waals surface area (Å²) in [4.78, 5) is 13.3. The number of carbonyl (C=O) groups is 1. The van der Waals surface area contributed by atoms with E-state index in [1.54, 1.807) is 19.1 Å². The molecule has 25 heavy (non-hydrogen) atoms. The second kappa shape index (κ2) is 8.48. The van der Waals surface area contributed by atoms with Crippen LogP contribution in [0.3, 0.4) is 0 Å². The average molecular weight is 359 g/mol. The van der Waals surface area contributed by atoms with Crippen LogP contribution in [0, 0.1) is 27.7 Å². The molecule has 0 aromatic heterocycles. The average Bonchev–Trinajstić information content (AvgIpc) is 2.58. The van der Waals surface area contributed by atoms with Crippen molar-refractivity contribution in [2.45, 2.75) is 40.7 Å². The van der Waals surface area contributed by atoms with Crippen molar-refractivity contribution in [3.8, 4) is 0 Å². The first-order valence-electron chi connectivity index (χ1n) is 8.30. The molecule has 2 aromatic carbocycles. The zero-order chi connectivity index (χ0) is 18.6. The lowest BCUT2D eigenvalue weighted by Crippen LogP contribution is -2.17. The Hall–Kier alpha value is -1.87. The summed E-state index contributed by atoms with van der Waals surface area (Å²) < 4.78 is 22.5. The fourth-order valence-corrected chi connectivity index (χ4v) is 3.57. The lowest BCUT2D eigenvalue weighted by atomic mass is 9.89. The number of ketones is 1. The quantitative estimate of drug-likeness (QED) is 0.480. The van der Waals surface area contributed by atoms with Crippen LogP contribution in [0.25, 0.3) is 0 Å². The Bertz CT molecular complexity index is 784. The topological polar surface area (TPSA) is 52.6 Å². The van der Waals surface area contributed by atoms with Crippen LogP contribution in [0.15, 0.2) is 36.4 Å². The largest absolute Gasteiger partial charge is 0.698 e. The Kier molecular flexibility index (Phi) is 6.60. The highest BCUT2D eigenvalue weighted by molar-refractivity contribution is 7.33. The number of benzene rings is 2. The van der Waals surface area contributed by atoms with E-state index in [1.165, 1.54) is 0 Å². The first kappa shape index (κ1) is 19.5. The number of carbonyl (C=O) groups excluding carboxylic acids is 1. The Morgan fingerprint density at radius 3 is 2.28 bits per heavy atom. The van der Waals surface area contributed by atoms with Gasteiger partial charge in [0.05, 0.1) is 0 Å². The summed E-state index contributed by atoms with van der Waals surface area (Å²) in [5.41, 5.74) is 5.32. The Labute approximate surface area is 150 Å². The van der Waals surface area contributed by atoms with Crippen molar-refractivity contribution in [1.29, 1.82) is 0 Å². The minimum absolute atomic E-state index is 0.202. The molecule has 132 valence electrons. The van der Waals surface area contributed by atoms with Gasteiger partial charge in [-0.2, -0.15) is 0 Å². The molecule has 0 N–H and O–H groups in total. The second-order valence-electron chi connectivity index (χ2n) is 6.04. The molecule has 2 unspecified atom stereocenters. The van der Waals surface area contributed by atoms with E-state index in [-0.39, 0.29) is 12.4 Å². The van der Waals surface area contributed by atoms with Crippen LogP contribution < -0.4 is 0 Å². The van der Waals surface area contributed by atoms with Crippen LogP contribution >= 0.6 is 8.25 Å². The van der Waals surface area contributed by atoms with Crippen molar-refractivity contribution in [3.05, 3.63) is 69.8 Å². The van der Waals surface area contributed by atoms with Gasteiger partial charge in [-0.15, -0.1) is 9.05 Å². The van der Waals surface area contributed by atoms with Crippen molar-refractivity contribution in [2.24, 2.45) is 0 Å². The standard InChI is InChI=1S/C20H24O4P/c1-6-23-25(22)24-20(17-10-8-7-9-11-17)19(21)18-14(3)12-13(2)15(4)16(18)5/h7-12,20H,6H2,1-5H3/q+1. The van der Waals surface area contributed by atoms with Gasteiger partial charge in [0.15, 0.2) is 0 Å². The number of hydrogen-bond acceptors (Lipinski definition) is 4. The van der Waals surface area contributed by atoms with E-state index in [2.05, 4.69) is 0 Å². The third-order valence-corrected chi connectivity index (χ3v) is 5.22. The van der Waals surface area contributed by atoms with Crippen molar-refractivity contribution in [2.75, 3.05) is 6.61 Å². The van der Waals surface area contributed by atoms with Gasteiger partial charge < -0.3 is 0 Å². The number of aryl methyl sites for hydroxylation is 2. The normalized spacial score (nSPS) is 12.8. The number of Topliss-reactive ketones (excluding diaryl/α,β-unsaturated/α-hetero) is 1. The van der Waals surface area contributed by atoms with Crippen molar-refractivity contribution < 1.29 is 18.4 Å². The molecule has 4 nitrogen and oxygen atoms in total. The minimum Gasteiger partial charge on any atom is -0.291 e. The molecule has 0 saturated heterocycles. The lowest BCUT2D eigenvalue weighted by molar-refractivity contribution is 0.0767. The maximum absolute atomic E-state index is 13.3. The molecule has 0 bridgehead atoms. The van der Waals surface area contributed by atoms with Gasteiger partial charge in [-0.1, -0.05) is 36.4 Å². The van der Waals surface area contributed by atoms with Crippen LogP contribution in [0.1, 0.15) is 51.2 Å². The van der Waals surface area contributed by atoms with Crippen LogP contribution in [0.2, 0.25) is 0 Å². The first-order chi connectivity index (χ1) is 11.9. The molecular weight excluding hydrogens is 335 g/mol. The predicted octanol–water partition coefficient (Wildman–Crippen LogP) is 5.55. The molecule has 2 aromatic rings. The lowest BCUT2D eigenvalue weighted by Gasteiger charge is -2.17. The number of hydrogen-bond donors (Lipinski definition) is 0. The summed E-state index contributed by atoms with van der Waals surface area (Å²) in [5, 5.41) is 0. The monoisotopic (exact) mass is 359 g/mol. The van der Waals surface area contributed by atoms with Crippen molar-refractivity contribution >= 4 is 14.0 Å². The summed E-state index contributed by atoms with van der Waals surface area (Å²) in [7, 11) is -2.37. The summed E-state index contributed by atoms with van der Waals surface area (Å²) >= 11 is 0. The summed E-state index contributed by atoms with van der Waals surface area (Å²) in [6.07, 6.45) is -0.962. The molecule has 0 aliphatic heterocycles. The zero-order valence-electron chi connectivity index (χ0n) is 15.3. The van der Waals surface area contributed by atoms with Gasteiger partial charge in [0.25, 0.3) is 0 Å². The maximum Gasteiger partial charge on any atom is 0.698 e. The fourth-order valence-electron chi connectivity index (χ4n) is 2.90. The minimum atomic E-state index is -2.37. The van der Waals surface area contributed by atoms with Crippen LogP contribution in [0.4, 0.5) is 0 Å². The van der Waals surface area contributed by atoms with Gasteiger partial charge in [-0.05, 0) is 62.4 Å². The molecule has 2 rings (SSSR count). The van der Waals surface area contributed by atoms with Gasteiger partial charge >= 0.3 is 8.25 Å². The molecule has 5 heteroatoms. The van der Waals surface area contributed by atoms with Gasteiger partial charge in [-0.25, -0.2) is 0 Å². The van der Waals surface area contributed by atoms with E-state index in [0.717, 1.165) is 22.3 Å². The molecule has 0 amide bonds. The van der Waals surface area contributed by atoms with E-state index in [4.69, 9.17) is 9.05 Å². The first-order valence-corrected chi connectivity index (χ1v) is 9.39. The van der Waals surface area contributed by atoms with E-state index in [9.17, 15) is 9.36 Å². The van der Waals surface area contributed by atoms with Crippen LogP contribution in [-0.2, 0) is 13.6 Å². The number of rotatable bonds is 7. The fraction of sp³-hybridized carbons (Fsp3) is 0.350. The molecule has 0 fully saturated rings. The molecule has 0 saturated carbocycles. The van der Waals surface area contributed by atoms with E-state index >= 15 is 0 Å². The Morgan fingerprint density at radius 1 is 1.04 bits per heavy atom. The van der Waals surface area contributed by atoms with Crippen molar-refractivity contribution in [1.82, 2.24) is 0 Å². The molecule has 0 aliphatic rings. The second-order valence-corrected chi connectivity index (χ2v) is 6.95. The smallest absolute Gasteiger partial charge is 0.291 e. The molecule has 0 radical (unpaired) electrons. The van der Waals surface area contributed by atoms with Gasteiger partial charge in [-0.3, -0.25) is 4.79 Å². The Balaban J connectivity index is 2.49. The van der Waals surface area contributed by atoms with Crippen molar-refractivity contribution in [3.63, 3.8) is 0 Å². The maximum atomic E-state index is 13.3. The van der Waals surface area contributed by atoms with E-state index in [1.807, 2.05) is 52.0 Å². The van der Waals surface area contributed by atoms with Crippen LogP contribution in [-0.4, -0.2) is 12.4 Å². The van der Waals surface area contributed by atoms with Crippen LogP contribution in [0.5, 0.6) is 0 Å².